The minimum absolute atomic E-state index is 0.208. The predicted molar refractivity (Wildman–Crippen MR) is 69.9 cm³/mol. The fourth-order valence-electron chi connectivity index (χ4n) is 1.65. The number of para-hydroxylation sites is 1. The lowest BCUT2D eigenvalue weighted by Gasteiger charge is -2.09. The maximum Gasteiger partial charge on any atom is 0.259 e. The highest BCUT2D eigenvalue weighted by Gasteiger charge is 2.11. The fourth-order valence-corrected chi connectivity index (χ4v) is 1.65. The van der Waals surface area contributed by atoms with E-state index in [-0.39, 0.29) is 5.91 Å². The molecular formula is C14H14N2O2. The Morgan fingerprint density at radius 2 is 2.06 bits per heavy atom. The zero-order valence-corrected chi connectivity index (χ0v) is 10.3. The van der Waals surface area contributed by atoms with Crippen LogP contribution in [-0.2, 0) is 0 Å². The molecule has 1 heterocycles. The molecule has 1 N–H and O–H groups in total. The number of rotatable bonds is 3. The lowest BCUT2D eigenvalue weighted by Crippen LogP contribution is -2.13. The molecule has 18 heavy (non-hydrogen) atoms. The van der Waals surface area contributed by atoms with Gasteiger partial charge in [-0.3, -0.25) is 9.78 Å². The molecule has 92 valence electrons. The molecule has 0 spiro atoms. The molecule has 0 radical (unpaired) electrons. The van der Waals surface area contributed by atoms with Crippen LogP contribution in [0.25, 0.3) is 0 Å². The second kappa shape index (κ2) is 5.31. The molecule has 0 unspecified atom stereocenters. The predicted octanol–water partition coefficient (Wildman–Crippen LogP) is 2.65. The van der Waals surface area contributed by atoms with Gasteiger partial charge >= 0.3 is 0 Å². The molecule has 2 aromatic rings. The molecule has 0 bridgehead atoms. The Bertz CT molecular complexity index is 567. The van der Waals surface area contributed by atoms with E-state index in [4.69, 9.17) is 4.74 Å². The van der Waals surface area contributed by atoms with Crippen LogP contribution < -0.4 is 10.1 Å². The summed E-state index contributed by atoms with van der Waals surface area (Å²) < 4.78 is 5.15. The second-order valence-corrected chi connectivity index (χ2v) is 3.91. The molecule has 2 rings (SSSR count). The van der Waals surface area contributed by atoms with E-state index < -0.39 is 0 Å². The van der Waals surface area contributed by atoms with E-state index in [0.29, 0.717) is 17.0 Å². The number of benzene rings is 1. The van der Waals surface area contributed by atoms with Gasteiger partial charge in [-0.1, -0.05) is 12.1 Å². The molecule has 1 aromatic carbocycles. The van der Waals surface area contributed by atoms with Gasteiger partial charge in [0, 0.05) is 6.20 Å². The molecule has 0 aliphatic heterocycles. The van der Waals surface area contributed by atoms with E-state index in [2.05, 4.69) is 10.3 Å². The van der Waals surface area contributed by atoms with Gasteiger partial charge in [0.05, 0.1) is 24.6 Å². The van der Waals surface area contributed by atoms with E-state index >= 15 is 0 Å². The van der Waals surface area contributed by atoms with Gasteiger partial charge in [-0.15, -0.1) is 0 Å². The number of nitrogens with zero attached hydrogens (tertiary/aromatic N) is 1. The first-order chi connectivity index (χ1) is 8.70. The van der Waals surface area contributed by atoms with Crippen molar-refractivity contribution >= 4 is 11.6 Å². The average Bonchev–Trinajstić information content (AvgIpc) is 2.38. The van der Waals surface area contributed by atoms with E-state index in [1.54, 1.807) is 37.7 Å². The lowest BCUT2D eigenvalue weighted by molar-refractivity contribution is 0.102. The number of pyridine rings is 1. The van der Waals surface area contributed by atoms with Gasteiger partial charge < -0.3 is 10.1 Å². The highest BCUT2D eigenvalue weighted by atomic mass is 16.5. The molecule has 0 atom stereocenters. The third kappa shape index (κ3) is 2.66. The third-order valence-corrected chi connectivity index (χ3v) is 2.48. The highest BCUT2D eigenvalue weighted by molar-refractivity contribution is 6.06. The van der Waals surface area contributed by atoms with Crippen molar-refractivity contribution in [1.82, 2.24) is 4.98 Å². The van der Waals surface area contributed by atoms with Crippen LogP contribution in [0, 0.1) is 6.92 Å². The zero-order chi connectivity index (χ0) is 13.0. The van der Waals surface area contributed by atoms with Crippen LogP contribution in [0.1, 0.15) is 15.9 Å². The summed E-state index contributed by atoms with van der Waals surface area (Å²) in [6, 6.07) is 8.96. The summed E-state index contributed by atoms with van der Waals surface area (Å²) in [6.45, 7) is 1.92. The zero-order valence-electron chi connectivity index (χ0n) is 10.3. The van der Waals surface area contributed by atoms with E-state index in [9.17, 15) is 4.79 Å². The fraction of sp³-hybridized carbons (Fsp3) is 0.143. The number of amides is 1. The summed E-state index contributed by atoms with van der Waals surface area (Å²) in [7, 11) is 1.54. The van der Waals surface area contributed by atoms with Gasteiger partial charge in [0.2, 0.25) is 0 Å². The third-order valence-electron chi connectivity index (χ3n) is 2.48. The maximum absolute atomic E-state index is 12.1. The van der Waals surface area contributed by atoms with Crippen LogP contribution in [-0.4, -0.2) is 18.0 Å². The quantitative estimate of drug-likeness (QED) is 0.900. The number of anilines is 1. The SMILES string of the molecule is COc1ccccc1C(=O)Nc1cncc(C)c1. The van der Waals surface area contributed by atoms with E-state index in [0.717, 1.165) is 5.56 Å². The number of aromatic nitrogens is 1. The molecular weight excluding hydrogens is 228 g/mol. The van der Waals surface area contributed by atoms with Crippen molar-refractivity contribution in [3.8, 4) is 5.75 Å². The number of methoxy groups -OCH3 is 1. The maximum atomic E-state index is 12.1. The monoisotopic (exact) mass is 242 g/mol. The van der Waals surface area contributed by atoms with E-state index in [1.807, 2.05) is 19.1 Å². The summed E-state index contributed by atoms with van der Waals surface area (Å²) in [5.74, 6) is 0.343. The second-order valence-electron chi connectivity index (χ2n) is 3.91. The van der Waals surface area contributed by atoms with Crippen molar-refractivity contribution < 1.29 is 9.53 Å². The Labute approximate surface area is 106 Å². The summed E-state index contributed by atoms with van der Waals surface area (Å²) in [5, 5.41) is 2.79. The number of nitrogens with one attached hydrogen (secondary N) is 1. The summed E-state index contributed by atoms with van der Waals surface area (Å²) in [5.41, 5.74) is 2.17. The van der Waals surface area contributed by atoms with Gasteiger partial charge in [0.25, 0.3) is 5.91 Å². The Balaban J connectivity index is 2.22. The van der Waals surface area contributed by atoms with Gasteiger partial charge in [0.1, 0.15) is 5.75 Å². The van der Waals surface area contributed by atoms with Crippen LogP contribution in [0.5, 0.6) is 5.75 Å². The van der Waals surface area contributed by atoms with Crippen molar-refractivity contribution in [2.24, 2.45) is 0 Å². The van der Waals surface area contributed by atoms with Crippen molar-refractivity contribution in [3.63, 3.8) is 0 Å². The summed E-state index contributed by atoms with van der Waals surface area (Å²) in [4.78, 5) is 16.1. The molecule has 4 nitrogen and oxygen atoms in total. The molecule has 0 aliphatic carbocycles. The Morgan fingerprint density at radius 1 is 1.28 bits per heavy atom. The van der Waals surface area contributed by atoms with Crippen molar-refractivity contribution in [1.29, 1.82) is 0 Å². The minimum atomic E-state index is -0.208. The van der Waals surface area contributed by atoms with Gasteiger partial charge in [0.15, 0.2) is 0 Å². The number of hydrogen-bond acceptors (Lipinski definition) is 3. The topological polar surface area (TPSA) is 51.2 Å². The Morgan fingerprint density at radius 3 is 2.78 bits per heavy atom. The summed E-state index contributed by atoms with van der Waals surface area (Å²) in [6.07, 6.45) is 3.35. The molecule has 1 aromatic heterocycles. The normalized spacial score (nSPS) is 9.89. The van der Waals surface area contributed by atoms with Crippen LogP contribution in [0.4, 0.5) is 5.69 Å². The first kappa shape index (κ1) is 12.1. The minimum Gasteiger partial charge on any atom is -0.496 e. The highest BCUT2D eigenvalue weighted by Crippen LogP contribution is 2.19. The Kier molecular flexibility index (Phi) is 3.57. The molecule has 4 heteroatoms. The van der Waals surface area contributed by atoms with Crippen molar-refractivity contribution in [3.05, 3.63) is 53.9 Å². The standard InChI is InChI=1S/C14H14N2O2/c1-10-7-11(9-15-8-10)16-14(17)12-5-3-4-6-13(12)18-2/h3-9H,1-2H3,(H,16,17). The van der Waals surface area contributed by atoms with Crippen molar-refractivity contribution in [2.75, 3.05) is 12.4 Å². The van der Waals surface area contributed by atoms with Crippen molar-refractivity contribution in [2.45, 2.75) is 6.92 Å². The van der Waals surface area contributed by atoms with Crippen LogP contribution >= 0.6 is 0 Å². The van der Waals surface area contributed by atoms with E-state index in [1.165, 1.54) is 0 Å². The number of carbonyl (C=O) groups excluding carboxylic acids is 1. The number of ether oxygens (including phenoxy) is 1. The summed E-state index contributed by atoms with van der Waals surface area (Å²) >= 11 is 0. The number of carbonyl (C=O) groups is 1. The number of aryl methyl sites for hydroxylation is 1. The molecule has 0 saturated carbocycles. The lowest BCUT2D eigenvalue weighted by atomic mass is 10.2. The first-order valence-electron chi connectivity index (χ1n) is 5.56. The molecule has 1 amide bonds. The number of hydrogen-bond donors (Lipinski definition) is 1. The van der Waals surface area contributed by atoms with Crippen LogP contribution in [0.15, 0.2) is 42.7 Å². The van der Waals surface area contributed by atoms with Gasteiger partial charge in [-0.05, 0) is 30.7 Å². The smallest absolute Gasteiger partial charge is 0.259 e. The van der Waals surface area contributed by atoms with Gasteiger partial charge in [-0.2, -0.15) is 0 Å². The van der Waals surface area contributed by atoms with Crippen LogP contribution in [0.3, 0.4) is 0 Å². The Hall–Kier alpha value is -2.36. The molecule has 0 fully saturated rings. The molecule has 0 saturated heterocycles. The van der Waals surface area contributed by atoms with Gasteiger partial charge in [-0.25, -0.2) is 0 Å². The van der Waals surface area contributed by atoms with Crippen LogP contribution in [0.2, 0.25) is 0 Å². The average molecular weight is 242 g/mol. The molecule has 0 aliphatic rings. The largest absolute Gasteiger partial charge is 0.496 e. The first-order valence-corrected chi connectivity index (χ1v) is 5.56.